The van der Waals surface area contributed by atoms with Crippen molar-refractivity contribution in [3.05, 3.63) is 69.7 Å². The Morgan fingerprint density at radius 3 is 2.66 bits per heavy atom. The number of halogens is 3. The van der Waals surface area contributed by atoms with E-state index in [0.717, 1.165) is 22.4 Å². The maximum Gasteiger partial charge on any atom is 0.416 e. The molecule has 0 aliphatic rings. The van der Waals surface area contributed by atoms with E-state index in [2.05, 4.69) is 20.6 Å². The summed E-state index contributed by atoms with van der Waals surface area (Å²) < 4.78 is 39.4. The molecule has 0 aliphatic carbocycles. The van der Waals surface area contributed by atoms with Crippen molar-refractivity contribution < 1.29 is 22.8 Å². The highest BCUT2D eigenvalue weighted by molar-refractivity contribution is 7.22. The van der Waals surface area contributed by atoms with Gasteiger partial charge in [0.1, 0.15) is 5.69 Å². The van der Waals surface area contributed by atoms with E-state index in [-0.39, 0.29) is 17.9 Å². The van der Waals surface area contributed by atoms with Gasteiger partial charge in [0.25, 0.3) is 5.91 Å². The Balaban J connectivity index is 1.48. The van der Waals surface area contributed by atoms with Crippen molar-refractivity contribution in [2.75, 3.05) is 10.6 Å². The number of thiazole rings is 2. The first-order valence-electron chi connectivity index (χ1n) is 9.26. The molecule has 164 valence electrons. The van der Waals surface area contributed by atoms with Crippen molar-refractivity contribution in [1.29, 1.82) is 0 Å². The summed E-state index contributed by atoms with van der Waals surface area (Å²) in [6.07, 6.45) is -4.66. The van der Waals surface area contributed by atoms with Crippen molar-refractivity contribution in [2.45, 2.75) is 19.5 Å². The van der Waals surface area contributed by atoms with E-state index in [0.29, 0.717) is 22.0 Å². The van der Waals surface area contributed by atoms with Gasteiger partial charge in [-0.15, -0.1) is 11.3 Å². The lowest BCUT2D eigenvalue weighted by Gasteiger charge is -2.10. The van der Waals surface area contributed by atoms with Gasteiger partial charge in [-0.05, 0) is 36.2 Å². The van der Waals surface area contributed by atoms with Crippen LogP contribution in [0.15, 0.2) is 47.3 Å². The minimum atomic E-state index is -4.46. The molecule has 2 aromatic carbocycles. The number of hydrogen-bond acceptors (Lipinski definition) is 6. The molecule has 4 aromatic rings. The standard InChI is InChI=1S/C21H15F3N4O2S2/c1-11-5-14(26-17(29)7-12-3-2-4-13(6-12)21(22,23)24)8-16-18(11)27-20(32-16)28-19(30)15-9-31-10-25-15/h2-6,8-10H,7H2,1H3,(H,26,29)(H,27,28,30). The number of rotatable bonds is 5. The number of aryl methyl sites for hydroxylation is 1. The number of amides is 2. The van der Waals surface area contributed by atoms with Gasteiger partial charge in [-0.25, -0.2) is 9.97 Å². The number of aromatic nitrogens is 2. The Bertz CT molecular complexity index is 1300. The van der Waals surface area contributed by atoms with E-state index in [1.54, 1.807) is 23.0 Å². The summed E-state index contributed by atoms with van der Waals surface area (Å²) in [5.74, 6) is -0.803. The zero-order chi connectivity index (χ0) is 22.9. The second-order valence-corrected chi connectivity index (χ2v) is 8.66. The van der Waals surface area contributed by atoms with Gasteiger partial charge < -0.3 is 5.32 Å². The third-order valence-electron chi connectivity index (χ3n) is 4.47. The van der Waals surface area contributed by atoms with Crippen molar-refractivity contribution in [1.82, 2.24) is 9.97 Å². The van der Waals surface area contributed by atoms with Crippen LogP contribution in [0.4, 0.5) is 24.0 Å². The van der Waals surface area contributed by atoms with E-state index in [1.165, 1.54) is 34.8 Å². The normalized spacial score (nSPS) is 11.5. The van der Waals surface area contributed by atoms with Crippen LogP contribution in [0.3, 0.4) is 0 Å². The fourth-order valence-corrected chi connectivity index (χ4v) is 4.57. The summed E-state index contributed by atoms with van der Waals surface area (Å²) in [5, 5.41) is 7.45. The molecule has 0 spiro atoms. The minimum Gasteiger partial charge on any atom is -0.326 e. The molecule has 0 bridgehead atoms. The van der Waals surface area contributed by atoms with E-state index < -0.39 is 17.6 Å². The number of benzene rings is 2. The van der Waals surface area contributed by atoms with Gasteiger partial charge in [-0.1, -0.05) is 29.5 Å². The first-order valence-corrected chi connectivity index (χ1v) is 11.0. The highest BCUT2D eigenvalue weighted by Crippen LogP contribution is 2.32. The molecule has 0 saturated heterocycles. The van der Waals surface area contributed by atoms with Crippen molar-refractivity contribution >= 4 is 55.5 Å². The second-order valence-electron chi connectivity index (χ2n) is 6.91. The summed E-state index contributed by atoms with van der Waals surface area (Å²) in [6, 6.07) is 8.12. The molecule has 11 heteroatoms. The lowest BCUT2D eigenvalue weighted by atomic mass is 10.1. The molecule has 0 radical (unpaired) electrons. The molecule has 2 amide bonds. The van der Waals surface area contributed by atoms with Crippen LogP contribution in [-0.4, -0.2) is 21.8 Å². The molecule has 6 nitrogen and oxygen atoms in total. The van der Waals surface area contributed by atoms with Gasteiger partial charge in [0.05, 0.1) is 27.7 Å². The number of hydrogen-bond donors (Lipinski definition) is 2. The smallest absolute Gasteiger partial charge is 0.326 e. The predicted molar refractivity (Wildman–Crippen MR) is 118 cm³/mol. The number of carbonyl (C=O) groups excluding carboxylic acids is 2. The Labute approximate surface area is 188 Å². The molecular weight excluding hydrogens is 461 g/mol. The zero-order valence-corrected chi connectivity index (χ0v) is 18.1. The monoisotopic (exact) mass is 476 g/mol. The van der Waals surface area contributed by atoms with Gasteiger partial charge in [0.15, 0.2) is 5.13 Å². The van der Waals surface area contributed by atoms with Gasteiger partial charge in [0, 0.05) is 11.1 Å². The molecule has 4 rings (SSSR count). The number of fused-ring (bicyclic) bond motifs is 1. The molecule has 0 saturated carbocycles. The summed E-state index contributed by atoms with van der Waals surface area (Å²) in [6.45, 7) is 1.82. The van der Waals surface area contributed by atoms with Gasteiger partial charge in [0.2, 0.25) is 5.91 Å². The average Bonchev–Trinajstić information content (AvgIpc) is 3.37. The Kier molecular flexibility index (Phi) is 5.94. The second kappa shape index (κ2) is 8.67. The number of carbonyl (C=O) groups is 2. The molecule has 2 heterocycles. The van der Waals surface area contributed by atoms with E-state index in [9.17, 15) is 22.8 Å². The fourth-order valence-electron chi connectivity index (χ4n) is 3.06. The average molecular weight is 477 g/mol. The summed E-state index contributed by atoms with van der Waals surface area (Å²) in [4.78, 5) is 33.0. The van der Waals surface area contributed by atoms with E-state index in [1.807, 2.05) is 6.92 Å². The maximum absolute atomic E-state index is 12.9. The van der Waals surface area contributed by atoms with Crippen LogP contribution in [0, 0.1) is 6.92 Å². The summed E-state index contributed by atoms with van der Waals surface area (Å²) in [5.41, 5.74) is 3.28. The largest absolute Gasteiger partial charge is 0.416 e. The zero-order valence-electron chi connectivity index (χ0n) is 16.5. The molecule has 0 aliphatic heterocycles. The first kappa shape index (κ1) is 21.9. The number of nitrogens with one attached hydrogen (secondary N) is 2. The van der Waals surface area contributed by atoms with Gasteiger partial charge in [-0.3, -0.25) is 14.9 Å². The topological polar surface area (TPSA) is 84.0 Å². The fraction of sp³-hybridized carbons (Fsp3) is 0.143. The molecule has 0 atom stereocenters. The first-order chi connectivity index (χ1) is 15.2. The van der Waals surface area contributed by atoms with Crippen LogP contribution in [0.25, 0.3) is 10.2 Å². The van der Waals surface area contributed by atoms with Crippen molar-refractivity contribution in [3.8, 4) is 0 Å². The van der Waals surface area contributed by atoms with Crippen molar-refractivity contribution in [3.63, 3.8) is 0 Å². The predicted octanol–water partition coefficient (Wildman–Crippen LogP) is 5.51. The number of anilines is 2. The molecule has 2 N–H and O–H groups in total. The van der Waals surface area contributed by atoms with E-state index in [4.69, 9.17) is 0 Å². The van der Waals surface area contributed by atoms with Crippen LogP contribution >= 0.6 is 22.7 Å². The minimum absolute atomic E-state index is 0.196. The highest BCUT2D eigenvalue weighted by atomic mass is 32.1. The summed E-state index contributed by atoms with van der Waals surface area (Å²) in [7, 11) is 0. The molecule has 0 fully saturated rings. The molecule has 32 heavy (non-hydrogen) atoms. The number of alkyl halides is 3. The van der Waals surface area contributed by atoms with Crippen LogP contribution in [-0.2, 0) is 17.4 Å². The van der Waals surface area contributed by atoms with Crippen molar-refractivity contribution in [2.24, 2.45) is 0 Å². The quantitative estimate of drug-likeness (QED) is 0.398. The Morgan fingerprint density at radius 1 is 1.12 bits per heavy atom. The SMILES string of the molecule is Cc1cc(NC(=O)Cc2cccc(C(F)(F)F)c2)cc2sc(NC(=O)c3cscn3)nc12. The lowest BCUT2D eigenvalue weighted by molar-refractivity contribution is -0.137. The third kappa shape index (κ3) is 4.94. The Hall–Kier alpha value is -3.31. The molecule has 2 aromatic heterocycles. The van der Waals surface area contributed by atoms with Crippen LogP contribution in [0.5, 0.6) is 0 Å². The molecular formula is C21H15F3N4O2S2. The highest BCUT2D eigenvalue weighted by Gasteiger charge is 2.30. The van der Waals surface area contributed by atoms with Gasteiger partial charge >= 0.3 is 6.18 Å². The van der Waals surface area contributed by atoms with Crippen LogP contribution < -0.4 is 10.6 Å². The van der Waals surface area contributed by atoms with Gasteiger partial charge in [-0.2, -0.15) is 13.2 Å². The van der Waals surface area contributed by atoms with Crippen LogP contribution in [0.2, 0.25) is 0 Å². The van der Waals surface area contributed by atoms with E-state index >= 15 is 0 Å². The molecule has 0 unspecified atom stereocenters. The Morgan fingerprint density at radius 2 is 1.94 bits per heavy atom. The maximum atomic E-state index is 12.9. The summed E-state index contributed by atoms with van der Waals surface area (Å²) >= 11 is 2.55. The third-order valence-corrected chi connectivity index (χ3v) is 5.98. The number of nitrogens with zero attached hydrogens (tertiary/aromatic N) is 2. The lowest BCUT2D eigenvalue weighted by Crippen LogP contribution is -2.15. The van der Waals surface area contributed by atoms with Crippen LogP contribution in [0.1, 0.15) is 27.2 Å².